The van der Waals surface area contributed by atoms with Crippen molar-refractivity contribution in [2.45, 2.75) is 19.8 Å². The zero-order chi connectivity index (χ0) is 19.1. The van der Waals surface area contributed by atoms with Gasteiger partial charge in [-0.25, -0.2) is 4.98 Å². The molecule has 3 rings (SSSR count). The Morgan fingerprint density at radius 1 is 1.22 bits per heavy atom. The number of rotatable bonds is 9. The van der Waals surface area contributed by atoms with Gasteiger partial charge < -0.3 is 14.6 Å². The number of fused-ring (bicyclic) bond motifs is 1. The summed E-state index contributed by atoms with van der Waals surface area (Å²) in [5, 5.41) is 11.7. The number of unbranched alkanes of at least 4 members (excludes halogenated alkanes) is 1. The third-order valence-electron chi connectivity index (χ3n) is 3.79. The van der Waals surface area contributed by atoms with E-state index in [4.69, 9.17) is 4.74 Å². The lowest BCUT2D eigenvalue weighted by Crippen LogP contribution is -2.24. The number of carbonyl (C=O) groups is 1. The van der Waals surface area contributed by atoms with Gasteiger partial charge >= 0.3 is 0 Å². The first-order valence-corrected chi connectivity index (χ1v) is 10.6. The molecule has 0 unspecified atom stereocenters. The first-order chi connectivity index (χ1) is 13.2. The number of carbonyl (C=O) groups excluding carboxylic acids is 1. The second kappa shape index (κ2) is 9.58. The van der Waals surface area contributed by atoms with Gasteiger partial charge in [-0.1, -0.05) is 37.6 Å². The van der Waals surface area contributed by atoms with Gasteiger partial charge in [-0.3, -0.25) is 0 Å². The van der Waals surface area contributed by atoms with Crippen LogP contribution in [0.5, 0.6) is 5.75 Å². The quantitative estimate of drug-likeness (QED) is 0.498. The maximum absolute atomic E-state index is 10.9. The Kier molecular flexibility index (Phi) is 6.90. The molecule has 0 bridgehead atoms. The van der Waals surface area contributed by atoms with Crippen molar-refractivity contribution in [2.75, 3.05) is 12.4 Å². The molecule has 2 aromatic carbocycles. The van der Waals surface area contributed by atoms with Crippen LogP contribution in [0.3, 0.4) is 0 Å². The number of thioether (sulfide) groups is 1. The minimum absolute atomic E-state index is 0.111. The van der Waals surface area contributed by atoms with E-state index in [0.717, 1.165) is 44.3 Å². The Hall–Kier alpha value is -2.31. The summed E-state index contributed by atoms with van der Waals surface area (Å²) < 4.78 is 6.76. The molecule has 1 heterocycles. The summed E-state index contributed by atoms with van der Waals surface area (Å²) in [6.45, 7) is 2.84. The smallest absolute Gasteiger partial charge is 0.131 e. The van der Waals surface area contributed by atoms with E-state index in [2.05, 4.69) is 11.9 Å². The molecule has 0 amide bonds. The van der Waals surface area contributed by atoms with Crippen LogP contribution < -0.4 is 9.84 Å². The third-order valence-corrected chi connectivity index (χ3v) is 6.00. The SMILES string of the molecule is CCCCOc1ccc(/C=C(\SCC(=O)[O-])c2nc3ccccc3s2)cc1. The molecule has 27 heavy (non-hydrogen) atoms. The highest BCUT2D eigenvalue weighted by Crippen LogP contribution is 2.35. The molecule has 0 N–H and O–H groups in total. The lowest BCUT2D eigenvalue weighted by molar-refractivity contribution is -0.301. The highest BCUT2D eigenvalue weighted by Gasteiger charge is 2.10. The zero-order valence-electron chi connectivity index (χ0n) is 15.0. The van der Waals surface area contributed by atoms with E-state index in [1.165, 1.54) is 11.8 Å². The average molecular weight is 399 g/mol. The van der Waals surface area contributed by atoms with Gasteiger partial charge in [-0.2, -0.15) is 0 Å². The van der Waals surface area contributed by atoms with Crippen molar-refractivity contribution < 1.29 is 14.6 Å². The number of para-hydroxylation sites is 1. The van der Waals surface area contributed by atoms with E-state index >= 15 is 0 Å². The molecule has 0 fully saturated rings. The van der Waals surface area contributed by atoms with Gasteiger partial charge in [-0.05, 0) is 42.3 Å². The van der Waals surface area contributed by atoms with Crippen LogP contribution in [-0.2, 0) is 4.79 Å². The molecule has 1 aromatic heterocycles. The molecular formula is C21H20NO3S2-. The lowest BCUT2D eigenvalue weighted by atomic mass is 10.2. The molecule has 140 valence electrons. The number of carboxylic acid groups (broad SMARTS) is 1. The molecule has 0 radical (unpaired) electrons. The summed E-state index contributed by atoms with van der Waals surface area (Å²) in [7, 11) is 0. The van der Waals surface area contributed by atoms with Gasteiger partial charge in [0.1, 0.15) is 10.8 Å². The summed E-state index contributed by atoms with van der Waals surface area (Å²) >= 11 is 2.78. The Labute approximate surface area is 166 Å². The number of aliphatic carboxylic acids is 1. The van der Waals surface area contributed by atoms with E-state index < -0.39 is 5.97 Å². The predicted molar refractivity (Wildman–Crippen MR) is 112 cm³/mol. The van der Waals surface area contributed by atoms with Gasteiger partial charge in [0.15, 0.2) is 0 Å². The van der Waals surface area contributed by atoms with Gasteiger partial charge in [-0.15, -0.1) is 23.1 Å². The van der Waals surface area contributed by atoms with Crippen LogP contribution in [-0.4, -0.2) is 23.3 Å². The number of carboxylic acids is 1. The molecular weight excluding hydrogens is 378 g/mol. The molecule has 0 saturated heterocycles. The van der Waals surface area contributed by atoms with Crippen LogP contribution in [0, 0.1) is 0 Å². The summed E-state index contributed by atoms with van der Waals surface area (Å²) in [5.41, 5.74) is 1.88. The Balaban J connectivity index is 1.84. The first-order valence-electron chi connectivity index (χ1n) is 8.79. The second-order valence-corrected chi connectivity index (χ2v) is 7.97. The Bertz CT molecular complexity index is 899. The van der Waals surface area contributed by atoms with Gasteiger partial charge in [0.2, 0.25) is 0 Å². The van der Waals surface area contributed by atoms with Crippen molar-refractivity contribution in [3.05, 3.63) is 59.1 Å². The van der Waals surface area contributed by atoms with Crippen molar-refractivity contribution in [3.8, 4) is 5.75 Å². The molecule has 4 nitrogen and oxygen atoms in total. The van der Waals surface area contributed by atoms with Crippen LogP contribution >= 0.6 is 23.1 Å². The third kappa shape index (κ3) is 5.58. The molecule has 6 heteroatoms. The maximum atomic E-state index is 10.9. The first kappa shape index (κ1) is 19.5. The van der Waals surface area contributed by atoms with E-state index in [9.17, 15) is 9.90 Å². The summed E-state index contributed by atoms with van der Waals surface area (Å²) in [6.07, 6.45) is 4.09. The number of benzene rings is 2. The molecule has 0 atom stereocenters. The summed E-state index contributed by atoms with van der Waals surface area (Å²) in [5.74, 6) is -0.365. The normalized spacial score (nSPS) is 11.7. The summed E-state index contributed by atoms with van der Waals surface area (Å²) in [4.78, 5) is 16.4. The largest absolute Gasteiger partial charge is 0.549 e. The van der Waals surface area contributed by atoms with Crippen LogP contribution in [0.25, 0.3) is 21.2 Å². The fraction of sp³-hybridized carbons (Fsp3) is 0.238. The Morgan fingerprint density at radius 3 is 2.70 bits per heavy atom. The fourth-order valence-electron chi connectivity index (χ4n) is 2.43. The molecule has 0 spiro atoms. The van der Waals surface area contributed by atoms with E-state index in [-0.39, 0.29) is 5.75 Å². The monoisotopic (exact) mass is 398 g/mol. The number of thiazole rings is 1. The topological polar surface area (TPSA) is 62.2 Å². The van der Waals surface area contributed by atoms with Crippen molar-refractivity contribution >= 4 is 50.3 Å². The summed E-state index contributed by atoms with van der Waals surface area (Å²) in [6, 6.07) is 15.7. The number of hydrogen-bond donors (Lipinski definition) is 0. The van der Waals surface area contributed by atoms with Crippen molar-refractivity contribution in [2.24, 2.45) is 0 Å². The van der Waals surface area contributed by atoms with Crippen LogP contribution in [0.2, 0.25) is 0 Å². The minimum Gasteiger partial charge on any atom is -0.549 e. The molecule has 3 aromatic rings. The van der Waals surface area contributed by atoms with E-state index in [1.807, 2.05) is 54.6 Å². The van der Waals surface area contributed by atoms with Crippen LogP contribution in [0.15, 0.2) is 48.5 Å². The number of nitrogens with zero attached hydrogens (tertiary/aromatic N) is 1. The van der Waals surface area contributed by atoms with Crippen molar-refractivity contribution in [3.63, 3.8) is 0 Å². The van der Waals surface area contributed by atoms with Gasteiger partial charge in [0, 0.05) is 10.7 Å². The van der Waals surface area contributed by atoms with Crippen LogP contribution in [0.1, 0.15) is 30.3 Å². The average Bonchev–Trinajstić information content (AvgIpc) is 3.10. The van der Waals surface area contributed by atoms with E-state index in [1.54, 1.807) is 11.3 Å². The Morgan fingerprint density at radius 2 is 2.00 bits per heavy atom. The van der Waals surface area contributed by atoms with Crippen molar-refractivity contribution in [1.82, 2.24) is 4.98 Å². The lowest BCUT2D eigenvalue weighted by Gasteiger charge is -2.07. The second-order valence-electron chi connectivity index (χ2n) is 5.93. The highest BCUT2D eigenvalue weighted by atomic mass is 32.2. The van der Waals surface area contributed by atoms with Crippen molar-refractivity contribution in [1.29, 1.82) is 0 Å². The maximum Gasteiger partial charge on any atom is 0.131 e. The molecule has 0 aliphatic carbocycles. The molecule has 0 aliphatic rings. The molecule has 0 saturated carbocycles. The van der Waals surface area contributed by atoms with Crippen LogP contribution in [0.4, 0.5) is 0 Å². The zero-order valence-corrected chi connectivity index (χ0v) is 16.6. The van der Waals surface area contributed by atoms with Gasteiger partial charge in [0.05, 0.1) is 22.8 Å². The minimum atomic E-state index is -1.09. The molecule has 0 aliphatic heterocycles. The number of aromatic nitrogens is 1. The number of ether oxygens (including phenoxy) is 1. The van der Waals surface area contributed by atoms with E-state index in [0.29, 0.717) is 6.61 Å². The number of hydrogen-bond acceptors (Lipinski definition) is 6. The predicted octanol–water partition coefficient (Wildman–Crippen LogP) is 4.46. The fourth-order valence-corrected chi connectivity index (χ4v) is 4.27. The standard InChI is InChI=1S/C21H21NO3S2/c1-2-3-12-25-16-10-8-15(9-11-16)13-19(26-14-20(23)24)21-22-17-6-4-5-7-18(17)27-21/h4-11,13H,2-3,12,14H2,1H3,(H,23,24)/p-1/b19-13-. The van der Waals surface area contributed by atoms with Gasteiger partial charge in [0.25, 0.3) is 0 Å². The highest BCUT2D eigenvalue weighted by molar-refractivity contribution is 8.09.